The fraction of sp³-hybridized carbons (Fsp3) is 0.667. The van der Waals surface area contributed by atoms with Crippen molar-refractivity contribution in [2.75, 3.05) is 30.3 Å². The molecular formula is C12H20N6O2. The summed E-state index contributed by atoms with van der Waals surface area (Å²) >= 11 is 0. The van der Waals surface area contributed by atoms with Gasteiger partial charge in [0.05, 0.1) is 6.61 Å². The molecule has 8 nitrogen and oxygen atoms in total. The molecule has 1 amide bonds. The number of rotatable bonds is 6. The summed E-state index contributed by atoms with van der Waals surface area (Å²) in [6, 6.07) is -0.0627. The highest BCUT2D eigenvalue weighted by Gasteiger charge is 2.23. The molecule has 0 radical (unpaired) electrons. The highest BCUT2D eigenvalue weighted by atomic mass is 16.5. The maximum absolute atomic E-state index is 11.7. The van der Waals surface area contributed by atoms with Gasteiger partial charge in [0.1, 0.15) is 6.04 Å². The topological polar surface area (TPSA) is 101 Å². The first kappa shape index (κ1) is 14.3. The van der Waals surface area contributed by atoms with Crippen LogP contribution in [0.1, 0.15) is 26.7 Å². The molecule has 1 aromatic rings. The zero-order valence-electron chi connectivity index (χ0n) is 11.8. The Morgan fingerprint density at radius 3 is 2.80 bits per heavy atom. The fourth-order valence-electron chi connectivity index (χ4n) is 1.92. The number of hydrogen-bond acceptors (Lipinski definition) is 7. The molecule has 2 heterocycles. The van der Waals surface area contributed by atoms with E-state index >= 15 is 0 Å². The van der Waals surface area contributed by atoms with Crippen LogP contribution in [0.5, 0.6) is 6.01 Å². The molecule has 1 aliphatic rings. The van der Waals surface area contributed by atoms with E-state index in [0.29, 0.717) is 25.0 Å². The number of carbonyl (C=O) groups is 1. The lowest BCUT2D eigenvalue weighted by Crippen LogP contribution is -2.44. The van der Waals surface area contributed by atoms with Crippen LogP contribution in [0.3, 0.4) is 0 Å². The molecule has 0 aliphatic carbocycles. The van der Waals surface area contributed by atoms with Crippen LogP contribution in [0, 0.1) is 0 Å². The van der Waals surface area contributed by atoms with Gasteiger partial charge >= 0.3 is 6.01 Å². The average Bonchev–Trinajstić information content (AvgIpc) is 2.42. The number of anilines is 2. The van der Waals surface area contributed by atoms with Gasteiger partial charge in [0.25, 0.3) is 0 Å². The third kappa shape index (κ3) is 3.69. The number of carbonyl (C=O) groups excluding carboxylic acids is 1. The van der Waals surface area contributed by atoms with Crippen molar-refractivity contribution >= 4 is 17.8 Å². The first-order valence-corrected chi connectivity index (χ1v) is 6.90. The molecule has 0 spiro atoms. The lowest BCUT2D eigenvalue weighted by atomic mass is 10.1. The van der Waals surface area contributed by atoms with E-state index < -0.39 is 0 Å². The largest absolute Gasteiger partial charge is 0.464 e. The second-order valence-corrected chi connectivity index (χ2v) is 4.36. The minimum atomic E-state index is -0.310. The lowest BCUT2D eigenvalue weighted by Gasteiger charge is -2.22. The predicted octanol–water partition coefficient (Wildman–Crippen LogP) is 0.393. The number of nitrogens with zero attached hydrogens (tertiary/aromatic N) is 3. The van der Waals surface area contributed by atoms with Crippen molar-refractivity contribution in [1.82, 2.24) is 20.3 Å². The van der Waals surface area contributed by atoms with Gasteiger partial charge in [-0.15, -0.1) is 0 Å². The Kier molecular flexibility index (Phi) is 4.91. The predicted molar refractivity (Wildman–Crippen MR) is 74.8 cm³/mol. The number of hydrogen-bond donors (Lipinski definition) is 3. The average molecular weight is 280 g/mol. The number of amides is 1. The van der Waals surface area contributed by atoms with E-state index in [1.165, 1.54) is 0 Å². The molecule has 1 atom stereocenters. The molecule has 1 unspecified atom stereocenters. The molecule has 8 heteroatoms. The molecule has 2 rings (SSSR count). The number of aromatic nitrogens is 3. The van der Waals surface area contributed by atoms with Gasteiger partial charge in [-0.1, -0.05) is 0 Å². The maximum Gasteiger partial charge on any atom is 0.323 e. The minimum absolute atomic E-state index is 0.0281. The standard InChI is InChI=1S/C12H20N6O2/c1-3-13-10-16-11(18-12(17-10)20-4-2)15-8-6-5-7-14-9(8)19/h8H,3-7H2,1-2H3,(H,14,19)(H2,13,15,16,17,18). The van der Waals surface area contributed by atoms with E-state index in [9.17, 15) is 4.79 Å². The Morgan fingerprint density at radius 2 is 2.10 bits per heavy atom. The van der Waals surface area contributed by atoms with Crippen molar-refractivity contribution in [2.24, 2.45) is 0 Å². The Balaban J connectivity index is 2.14. The third-order valence-electron chi connectivity index (χ3n) is 2.81. The summed E-state index contributed by atoms with van der Waals surface area (Å²) in [7, 11) is 0. The van der Waals surface area contributed by atoms with Gasteiger partial charge < -0.3 is 20.7 Å². The third-order valence-corrected chi connectivity index (χ3v) is 2.81. The zero-order valence-corrected chi connectivity index (χ0v) is 11.8. The fourth-order valence-corrected chi connectivity index (χ4v) is 1.92. The van der Waals surface area contributed by atoms with Crippen molar-refractivity contribution in [1.29, 1.82) is 0 Å². The summed E-state index contributed by atoms with van der Waals surface area (Å²) in [6.45, 7) is 5.70. The minimum Gasteiger partial charge on any atom is -0.464 e. The molecule has 0 saturated carbocycles. The summed E-state index contributed by atoms with van der Waals surface area (Å²) in [4.78, 5) is 24.2. The summed E-state index contributed by atoms with van der Waals surface area (Å²) in [6.07, 6.45) is 1.70. The lowest BCUT2D eigenvalue weighted by molar-refractivity contribution is -0.123. The molecule has 3 N–H and O–H groups in total. The molecular weight excluding hydrogens is 260 g/mol. The van der Waals surface area contributed by atoms with Crippen LogP contribution in [-0.2, 0) is 4.79 Å². The smallest absolute Gasteiger partial charge is 0.323 e. The second-order valence-electron chi connectivity index (χ2n) is 4.36. The molecule has 0 aromatic carbocycles. The molecule has 1 aromatic heterocycles. The van der Waals surface area contributed by atoms with Gasteiger partial charge in [-0.2, -0.15) is 15.0 Å². The van der Waals surface area contributed by atoms with Crippen LogP contribution in [-0.4, -0.2) is 46.6 Å². The van der Waals surface area contributed by atoms with E-state index in [4.69, 9.17) is 4.74 Å². The second kappa shape index (κ2) is 6.88. The Labute approximate surface area is 117 Å². The van der Waals surface area contributed by atoms with Gasteiger partial charge in [0, 0.05) is 13.1 Å². The zero-order chi connectivity index (χ0) is 14.4. The first-order chi connectivity index (χ1) is 9.72. The quantitative estimate of drug-likeness (QED) is 0.693. The summed E-state index contributed by atoms with van der Waals surface area (Å²) in [5, 5.41) is 8.86. The van der Waals surface area contributed by atoms with E-state index in [-0.39, 0.29) is 18.0 Å². The van der Waals surface area contributed by atoms with Crippen LogP contribution >= 0.6 is 0 Å². The van der Waals surface area contributed by atoms with Crippen LogP contribution in [0.4, 0.5) is 11.9 Å². The van der Waals surface area contributed by atoms with Gasteiger partial charge in [-0.05, 0) is 26.7 Å². The number of piperidine rings is 1. The summed E-state index contributed by atoms with van der Waals surface area (Å²) in [5.41, 5.74) is 0. The Morgan fingerprint density at radius 1 is 1.30 bits per heavy atom. The monoisotopic (exact) mass is 280 g/mol. The van der Waals surface area contributed by atoms with Gasteiger partial charge in [0.2, 0.25) is 17.8 Å². The van der Waals surface area contributed by atoms with Crippen LogP contribution in [0.15, 0.2) is 0 Å². The first-order valence-electron chi connectivity index (χ1n) is 6.90. The molecule has 0 bridgehead atoms. The van der Waals surface area contributed by atoms with Crippen LogP contribution in [0.25, 0.3) is 0 Å². The molecule has 1 fully saturated rings. The molecule has 110 valence electrons. The summed E-state index contributed by atoms with van der Waals surface area (Å²) in [5.74, 6) is 0.755. The molecule has 20 heavy (non-hydrogen) atoms. The molecule has 1 saturated heterocycles. The maximum atomic E-state index is 11.7. The van der Waals surface area contributed by atoms with Crippen molar-refractivity contribution < 1.29 is 9.53 Å². The van der Waals surface area contributed by atoms with E-state index in [2.05, 4.69) is 30.9 Å². The SMILES string of the molecule is CCNc1nc(NC2CCCNC2=O)nc(OCC)n1. The van der Waals surface area contributed by atoms with Crippen molar-refractivity contribution in [3.05, 3.63) is 0 Å². The Hall–Kier alpha value is -2.12. The van der Waals surface area contributed by atoms with Crippen LogP contribution < -0.4 is 20.7 Å². The Bertz CT molecular complexity index is 443. The van der Waals surface area contributed by atoms with E-state index in [1.807, 2.05) is 13.8 Å². The van der Waals surface area contributed by atoms with Gasteiger partial charge in [-0.3, -0.25) is 4.79 Å². The highest BCUT2D eigenvalue weighted by Crippen LogP contribution is 2.14. The van der Waals surface area contributed by atoms with Crippen molar-refractivity contribution in [3.8, 4) is 6.01 Å². The summed E-state index contributed by atoms with van der Waals surface area (Å²) < 4.78 is 5.31. The number of ether oxygens (including phenoxy) is 1. The van der Waals surface area contributed by atoms with Gasteiger partial charge in [-0.25, -0.2) is 0 Å². The van der Waals surface area contributed by atoms with Crippen molar-refractivity contribution in [2.45, 2.75) is 32.7 Å². The molecule has 1 aliphatic heterocycles. The van der Waals surface area contributed by atoms with E-state index in [1.54, 1.807) is 0 Å². The normalized spacial score (nSPS) is 18.3. The van der Waals surface area contributed by atoms with Crippen LogP contribution in [0.2, 0.25) is 0 Å². The van der Waals surface area contributed by atoms with Crippen molar-refractivity contribution in [3.63, 3.8) is 0 Å². The highest BCUT2D eigenvalue weighted by molar-refractivity contribution is 5.84. The van der Waals surface area contributed by atoms with E-state index in [0.717, 1.165) is 19.4 Å². The number of nitrogens with one attached hydrogen (secondary N) is 3. The van der Waals surface area contributed by atoms with Gasteiger partial charge in [0.15, 0.2) is 0 Å².